The van der Waals surface area contributed by atoms with E-state index in [0.717, 1.165) is 24.2 Å². The number of nitrogens with one attached hydrogen (secondary N) is 1. The van der Waals surface area contributed by atoms with Crippen LogP contribution < -0.4 is 5.32 Å². The Labute approximate surface area is 148 Å². The number of carbonyl (C=O) groups is 1. The van der Waals surface area contributed by atoms with Crippen molar-refractivity contribution in [3.05, 3.63) is 42.2 Å². The molecule has 0 unspecified atom stereocenters. The zero-order chi connectivity index (χ0) is 17.7. The number of hydrogen-bond acceptors (Lipinski definition) is 5. The molecular formula is C19H25N3O3. The minimum absolute atomic E-state index is 0.0653. The van der Waals surface area contributed by atoms with Gasteiger partial charge < -0.3 is 19.5 Å². The van der Waals surface area contributed by atoms with Gasteiger partial charge in [-0.3, -0.25) is 4.79 Å². The molecule has 25 heavy (non-hydrogen) atoms. The highest BCUT2D eigenvalue weighted by molar-refractivity contribution is 5.85. The van der Waals surface area contributed by atoms with E-state index in [2.05, 4.69) is 10.5 Å². The third-order valence-electron chi connectivity index (χ3n) is 4.45. The van der Waals surface area contributed by atoms with Crippen molar-refractivity contribution in [3.8, 4) is 11.3 Å². The Morgan fingerprint density at radius 1 is 1.32 bits per heavy atom. The molecule has 0 bridgehead atoms. The first-order chi connectivity index (χ1) is 12.1. The first kappa shape index (κ1) is 17.6. The van der Waals surface area contributed by atoms with Crippen LogP contribution >= 0.6 is 0 Å². The summed E-state index contributed by atoms with van der Waals surface area (Å²) in [5.41, 5.74) is 0.922. The molecule has 0 radical (unpaired) electrons. The number of rotatable bonds is 7. The highest BCUT2D eigenvalue weighted by Gasteiger charge is 2.43. The lowest BCUT2D eigenvalue weighted by Gasteiger charge is -2.26. The van der Waals surface area contributed by atoms with Gasteiger partial charge in [-0.1, -0.05) is 35.5 Å². The number of ether oxygens (including phenoxy) is 1. The summed E-state index contributed by atoms with van der Waals surface area (Å²) in [6.07, 6.45) is 1.98. The maximum Gasteiger partial charge on any atom is 0.252 e. The molecule has 1 aliphatic rings. The van der Waals surface area contributed by atoms with E-state index in [1.165, 1.54) is 0 Å². The molecule has 1 saturated heterocycles. The number of amides is 1. The molecule has 1 amide bonds. The molecule has 6 nitrogen and oxygen atoms in total. The summed E-state index contributed by atoms with van der Waals surface area (Å²) in [5, 5.41) is 7.12. The number of carbonyl (C=O) groups excluding carboxylic acids is 1. The first-order valence-electron chi connectivity index (χ1n) is 8.67. The van der Waals surface area contributed by atoms with Gasteiger partial charge in [0, 0.05) is 37.7 Å². The number of hydrogen-bond donors (Lipinski definition) is 1. The van der Waals surface area contributed by atoms with Crippen molar-refractivity contribution in [2.75, 3.05) is 33.8 Å². The third-order valence-corrected chi connectivity index (χ3v) is 4.45. The van der Waals surface area contributed by atoms with E-state index >= 15 is 0 Å². The van der Waals surface area contributed by atoms with E-state index in [1.54, 1.807) is 0 Å². The largest absolute Gasteiger partial charge is 0.365 e. The summed E-state index contributed by atoms with van der Waals surface area (Å²) < 4.78 is 11.3. The second kappa shape index (κ2) is 7.80. The van der Waals surface area contributed by atoms with Crippen LogP contribution in [0.5, 0.6) is 0 Å². The SMILES string of the molecule is CN(C)CCNC(=O)[C@]1(Cc2cc(-c3ccccc3)no2)CCCO1. The molecule has 2 aromatic rings. The summed E-state index contributed by atoms with van der Waals surface area (Å²) in [6, 6.07) is 11.7. The molecule has 6 heteroatoms. The topological polar surface area (TPSA) is 67.6 Å². The fourth-order valence-corrected chi connectivity index (χ4v) is 3.07. The molecule has 1 aromatic heterocycles. The number of likely N-dealkylation sites (N-methyl/N-ethyl adjacent to an activating group) is 1. The van der Waals surface area contributed by atoms with Crippen molar-refractivity contribution < 1.29 is 14.1 Å². The van der Waals surface area contributed by atoms with Gasteiger partial charge in [-0.05, 0) is 26.9 Å². The van der Waals surface area contributed by atoms with Crippen molar-refractivity contribution in [2.24, 2.45) is 0 Å². The van der Waals surface area contributed by atoms with Crippen LogP contribution in [0.1, 0.15) is 18.6 Å². The normalized spacial score (nSPS) is 20.1. The van der Waals surface area contributed by atoms with Crippen LogP contribution in [-0.4, -0.2) is 55.4 Å². The van der Waals surface area contributed by atoms with Gasteiger partial charge in [0.05, 0.1) is 0 Å². The predicted octanol–water partition coefficient (Wildman–Crippen LogP) is 2.11. The highest BCUT2D eigenvalue weighted by Crippen LogP contribution is 2.31. The van der Waals surface area contributed by atoms with E-state index in [-0.39, 0.29) is 5.91 Å². The lowest BCUT2D eigenvalue weighted by Crippen LogP contribution is -2.49. The molecule has 1 aliphatic heterocycles. The van der Waals surface area contributed by atoms with Gasteiger partial charge in [-0.15, -0.1) is 0 Å². The van der Waals surface area contributed by atoms with Gasteiger partial charge >= 0.3 is 0 Å². The Hall–Kier alpha value is -2.18. The summed E-state index contributed by atoms with van der Waals surface area (Å²) in [5.74, 6) is 0.605. The van der Waals surface area contributed by atoms with Crippen molar-refractivity contribution in [1.29, 1.82) is 0 Å². The predicted molar refractivity (Wildman–Crippen MR) is 95.1 cm³/mol. The van der Waals surface area contributed by atoms with E-state index < -0.39 is 5.60 Å². The van der Waals surface area contributed by atoms with Gasteiger partial charge in [-0.2, -0.15) is 0 Å². The molecule has 1 aromatic carbocycles. The fraction of sp³-hybridized carbons (Fsp3) is 0.474. The van der Waals surface area contributed by atoms with Crippen molar-refractivity contribution in [1.82, 2.24) is 15.4 Å². The summed E-state index contributed by atoms with van der Waals surface area (Å²) in [7, 11) is 3.96. The van der Waals surface area contributed by atoms with Crippen LogP contribution in [0.4, 0.5) is 0 Å². The van der Waals surface area contributed by atoms with Crippen LogP contribution in [0.3, 0.4) is 0 Å². The molecule has 1 N–H and O–H groups in total. The highest BCUT2D eigenvalue weighted by atomic mass is 16.5. The average Bonchev–Trinajstić information content (AvgIpc) is 3.26. The number of nitrogens with zero attached hydrogens (tertiary/aromatic N) is 2. The van der Waals surface area contributed by atoms with Gasteiger partial charge in [-0.25, -0.2) is 0 Å². The minimum atomic E-state index is -0.847. The molecular weight excluding hydrogens is 318 g/mol. The van der Waals surface area contributed by atoms with Gasteiger partial charge in [0.2, 0.25) is 0 Å². The molecule has 1 fully saturated rings. The Bertz CT molecular complexity index is 691. The number of benzene rings is 1. The van der Waals surface area contributed by atoms with Gasteiger partial charge in [0.25, 0.3) is 5.91 Å². The van der Waals surface area contributed by atoms with Crippen LogP contribution in [0.2, 0.25) is 0 Å². The van der Waals surface area contributed by atoms with Crippen LogP contribution in [-0.2, 0) is 16.0 Å². The monoisotopic (exact) mass is 343 g/mol. The van der Waals surface area contributed by atoms with Gasteiger partial charge in [0.15, 0.2) is 5.60 Å². The molecule has 0 saturated carbocycles. The molecule has 134 valence electrons. The van der Waals surface area contributed by atoms with E-state index in [9.17, 15) is 4.79 Å². The van der Waals surface area contributed by atoms with E-state index in [1.807, 2.05) is 55.4 Å². The van der Waals surface area contributed by atoms with Gasteiger partial charge in [0.1, 0.15) is 11.5 Å². The lowest BCUT2D eigenvalue weighted by atomic mass is 9.93. The zero-order valence-corrected chi connectivity index (χ0v) is 14.8. The zero-order valence-electron chi connectivity index (χ0n) is 14.8. The Balaban J connectivity index is 1.70. The molecule has 0 spiro atoms. The number of aromatic nitrogens is 1. The third kappa shape index (κ3) is 4.27. The Morgan fingerprint density at radius 3 is 2.80 bits per heavy atom. The maximum absolute atomic E-state index is 12.7. The van der Waals surface area contributed by atoms with E-state index in [4.69, 9.17) is 9.26 Å². The lowest BCUT2D eigenvalue weighted by molar-refractivity contribution is -0.141. The second-order valence-corrected chi connectivity index (χ2v) is 6.73. The quantitative estimate of drug-likeness (QED) is 0.834. The van der Waals surface area contributed by atoms with Crippen LogP contribution in [0, 0.1) is 0 Å². The fourth-order valence-electron chi connectivity index (χ4n) is 3.07. The first-order valence-corrected chi connectivity index (χ1v) is 8.67. The minimum Gasteiger partial charge on any atom is -0.365 e. The van der Waals surface area contributed by atoms with E-state index in [0.29, 0.717) is 31.8 Å². The smallest absolute Gasteiger partial charge is 0.252 e. The maximum atomic E-state index is 12.7. The summed E-state index contributed by atoms with van der Waals surface area (Å²) in [4.78, 5) is 14.7. The van der Waals surface area contributed by atoms with Crippen molar-refractivity contribution in [3.63, 3.8) is 0 Å². The van der Waals surface area contributed by atoms with Crippen molar-refractivity contribution in [2.45, 2.75) is 24.9 Å². The average molecular weight is 343 g/mol. The second-order valence-electron chi connectivity index (χ2n) is 6.73. The summed E-state index contributed by atoms with van der Waals surface area (Å²) >= 11 is 0. The molecule has 0 aliphatic carbocycles. The van der Waals surface area contributed by atoms with Crippen molar-refractivity contribution >= 4 is 5.91 Å². The Morgan fingerprint density at radius 2 is 2.12 bits per heavy atom. The van der Waals surface area contributed by atoms with Crippen LogP contribution in [0.25, 0.3) is 11.3 Å². The Kier molecular flexibility index (Phi) is 5.50. The van der Waals surface area contributed by atoms with Crippen LogP contribution in [0.15, 0.2) is 40.9 Å². The molecule has 3 rings (SSSR count). The summed E-state index contributed by atoms with van der Waals surface area (Å²) in [6.45, 7) is 1.99. The molecule has 1 atom stereocenters. The standard InChI is InChI=1S/C19H25N3O3/c1-22(2)11-10-20-18(23)19(9-6-12-24-19)14-16-13-17(21-25-16)15-7-4-3-5-8-15/h3-5,7-8,13H,6,9-12,14H2,1-2H3,(H,20,23)/t19-/m1/s1. The molecule has 2 heterocycles.